The molecule has 0 aliphatic carbocycles. The maximum absolute atomic E-state index is 11.5. The smallest absolute Gasteiger partial charge is 0.220 e. The highest BCUT2D eigenvalue weighted by molar-refractivity contribution is 5.76. The van der Waals surface area contributed by atoms with Crippen LogP contribution in [0.1, 0.15) is 25.3 Å². The minimum atomic E-state index is -1.12. The van der Waals surface area contributed by atoms with E-state index in [1.807, 2.05) is 30.3 Å². The van der Waals surface area contributed by atoms with Gasteiger partial charge in [-0.1, -0.05) is 37.3 Å². The van der Waals surface area contributed by atoms with Crippen molar-refractivity contribution in [2.24, 2.45) is 5.92 Å². The molecule has 1 atom stereocenters. The molecule has 0 radical (unpaired) electrons. The summed E-state index contributed by atoms with van der Waals surface area (Å²) in [6.07, 6.45) is 0.125. The van der Waals surface area contributed by atoms with E-state index < -0.39 is 5.97 Å². The Kier molecular flexibility index (Phi) is 5.20. The lowest BCUT2D eigenvalue weighted by Crippen LogP contribution is -2.28. The third-order valence-electron chi connectivity index (χ3n) is 2.38. The molecule has 1 amide bonds. The molecule has 0 fully saturated rings. The minimum absolute atomic E-state index is 0.0846. The second-order valence-corrected chi connectivity index (χ2v) is 4.15. The van der Waals surface area contributed by atoms with E-state index in [-0.39, 0.29) is 24.7 Å². The number of rotatable bonds is 6. The number of amides is 1. The molecule has 1 aromatic carbocycles. The van der Waals surface area contributed by atoms with Crippen molar-refractivity contribution in [1.82, 2.24) is 5.32 Å². The van der Waals surface area contributed by atoms with Crippen LogP contribution in [0, 0.1) is 5.92 Å². The highest BCUT2D eigenvalue weighted by Gasteiger charge is 2.08. The van der Waals surface area contributed by atoms with Crippen molar-refractivity contribution in [1.29, 1.82) is 0 Å². The van der Waals surface area contributed by atoms with Gasteiger partial charge in [0.2, 0.25) is 5.91 Å². The quantitative estimate of drug-likeness (QED) is 0.777. The summed E-state index contributed by atoms with van der Waals surface area (Å²) in [4.78, 5) is 21.8. The molecule has 17 heavy (non-hydrogen) atoms. The number of carbonyl (C=O) groups excluding carboxylic acids is 2. The zero-order valence-corrected chi connectivity index (χ0v) is 9.81. The number of hydrogen-bond donors (Lipinski definition) is 1. The van der Waals surface area contributed by atoms with Crippen LogP contribution < -0.4 is 10.4 Å². The number of benzene rings is 1. The van der Waals surface area contributed by atoms with Crippen LogP contribution >= 0.6 is 0 Å². The molecule has 1 aromatic rings. The predicted octanol–water partition coefficient (Wildman–Crippen LogP) is 0.469. The number of carbonyl (C=O) groups is 2. The molecule has 0 saturated carbocycles. The molecule has 0 aromatic heterocycles. The van der Waals surface area contributed by atoms with Crippen molar-refractivity contribution in [2.75, 3.05) is 0 Å². The number of aliphatic carboxylic acids is 1. The number of carboxylic acid groups (broad SMARTS) is 1. The molecule has 1 rings (SSSR count). The number of nitrogens with one attached hydrogen (secondary N) is 1. The van der Waals surface area contributed by atoms with Gasteiger partial charge in [-0.05, 0) is 17.9 Å². The molecule has 0 saturated heterocycles. The van der Waals surface area contributed by atoms with Crippen molar-refractivity contribution in [3.8, 4) is 0 Å². The lowest BCUT2D eigenvalue weighted by Gasteiger charge is -2.11. The summed E-state index contributed by atoms with van der Waals surface area (Å²) >= 11 is 0. The van der Waals surface area contributed by atoms with E-state index in [2.05, 4.69) is 5.32 Å². The Morgan fingerprint density at radius 1 is 1.24 bits per heavy atom. The fourth-order valence-corrected chi connectivity index (χ4v) is 1.54. The molecule has 4 heteroatoms. The van der Waals surface area contributed by atoms with Crippen molar-refractivity contribution in [2.45, 2.75) is 26.3 Å². The van der Waals surface area contributed by atoms with E-state index >= 15 is 0 Å². The van der Waals surface area contributed by atoms with E-state index in [4.69, 9.17) is 0 Å². The summed E-state index contributed by atoms with van der Waals surface area (Å²) in [6.45, 7) is 2.19. The summed E-state index contributed by atoms with van der Waals surface area (Å²) in [6, 6.07) is 9.56. The first-order valence-electron chi connectivity index (χ1n) is 5.58. The minimum Gasteiger partial charge on any atom is -0.550 e. The Labute approximate surface area is 101 Å². The third kappa shape index (κ3) is 5.70. The monoisotopic (exact) mass is 234 g/mol. The molecule has 1 N–H and O–H groups in total. The Morgan fingerprint density at radius 2 is 1.88 bits per heavy atom. The lowest BCUT2D eigenvalue weighted by atomic mass is 10.0. The van der Waals surface area contributed by atoms with Gasteiger partial charge in [0.1, 0.15) is 0 Å². The molecule has 0 unspecified atom stereocenters. The summed E-state index contributed by atoms with van der Waals surface area (Å²) < 4.78 is 0. The van der Waals surface area contributed by atoms with Gasteiger partial charge in [-0.25, -0.2) is 0 Å². The van der Waals surface area contributed by atoms with Gasteiger partial charge >= 0.3 is 0 Å². The first-order chi connectivity index (χ1) is 8.08. The van der Waals surface area contributed by atoms with E-state index in [0.717, 1.165) is 5.56 Å². The fourth-order valence-electron chi connectivity index (χ4n) is 1.54. The van der Waals surface area contributed by atoms with Gasteiger partial charge in [0.05, 0.1) is 0 Å². The van der Waals surface area contributed by atoms with Gasteiger partial charge in [0.15, 0.2) is 0 Å². The Bertz CT molecular complexity index is 376. The first kappa shape index (κ1) is 13.2. The van der Waals surface area contributed by atoms with Crippen LogP contribution in [-0.4, -0.2) is 11.9 Å². The molecular weight excluding hydrogens is 218 g/mol. The lowest BCUT2D eigenvalue weighted by molar-refractivity contribution is -0.306. The van der Waals surface area contributed by atoms with Crippen LogP contribution in [0.15, 0.2) is 30.3 Å². The van der Waals surface area contributed by atoms with Gasteiger partial charge < -0.3 is 15.2 Å². The maximum Gasteiger partial charge on any atom is 0.220 e. The van der Waals surface area contributed by atoms with Gasteiger partial charge in [0.25, 0.3) is 0 Å². The van der Waals surface area contributed by atoms with Crippen LogP contribution in [0.4, 0.5) is 0 Å². The average Bonchev–Trinajstić information content (AvgIpc) is 2.26. The van der Waals surface area contributed by atoms with Gasteiger partial charge in [-0.2, -0.15) is 0 Å². The maximum atomic E-state index is 11.5. The summed E-state index contributed by atoms with van der Waals surface area (Å²) in [7, 11) is 0. The van der Waals surface area contributed by atoms with Crippen molar-refractivity contribution in [3.05, 3.63) is 35.9 Å². The zero-order chi connectivity index (χ0) is 12.7. The van der Waals surface area contributed by atoms with Crippen LogP contribution in [0.25, 0.3) is 0 Å². The first-order valence-corrected chi connectivity index (χ1v) is 5.58. The normalized spacial score (nSPS) is 11.8. The Balaban J connectivity index is 2.28. The summed E-state index contributed by atoms with van der Waals surface area (Å²) in [5, 5.41) is 13.1. The molecule has 0 bridgehead atoms. The second kappa shape index (κ2) is 6.68. The Hall–Kier alpha value is -1.84. The van der Waals surface area contributed by atoms with Gasteiger partial charge in [0, 0.05) is 18.9 Å². The van der Waals surface area contributed by atoms with E-state index in [1.54, 1.807) is 6.92 Å². The van der Waals surface area contributed by atoms with Crippen LogP contribution in [0.3, 0.4) is 0 Å². The molecule has 0 aliphatic rings. The number of carboxylic acids is 1. The van der Waals surface area contributed by atoms with Gasteiger partial charge in [-0.15, -0.1) is 0 Å². The largest absolute Gasteiger partial charge is 0.550 e. The van der Waals surface area contributed by atoms with Crippen molar-refractivity contribution in [3.63, 3.8) is 0 Å². The molecule has 92 valence electrons. The third-order valence-corrected chi connectivity index (χ3v) is 2.38. The fraction of sp³-hybridized carbons (Fsp3) is 0.385. The average molecular weight is 234 g/mol. The SMILES string of the molecule is C[C@@H](CC(=O)[O-])CC(=O)NCc1ccccc1. The van der Waals surface area contributed by atoms with Crippen LogP contribution in [0.2, 0.25) is 0 Å². The molecule has 0 spiro atoms. The summed E-state index contributed by atoms with van der Waals surface area (Å²) in [5.74, 6) is -1.45. The predicted molar refractivity (Wildman–Crippen MR) is 61.7 cm³/mol. The van der Waals surface area contributed by atoms with Crippen LogP contribution in [-0.2, 0) is 16.1 Å². The molecule has 0 aliphatic heterocycles. The summed E-state index contributed by atoms with van der Waals surface area (Å²) in [5.41, 5.74) is 1.02. The number of hydrogen-bond acceptors (Lipinski definition) is 3. The highest BCUT2D eigenvalue weighted by Crippen LogP contribution is 2.06. The van der Waals surface area contributed by atoms with Crippen LogP contribution in [0.5, 0.6) is 0 Å². The molecular formula is C13H16NO3-. The molecule has 4 nitrogen and oxygen atoms in total. The van der Waals surface area contributed by atoms with Crippen molar-refractivity contribution >= 4 is 11.9 Å². The van der Waals surface area contributed by atoms with E-state index in [0.29, 0.717) is 6.54 Å². The second-order valence-electron chi connectivity index (χ2n) is 4.15. The topological polar surface area (TPSA) is 69.2 Å². The zero-order valence-electron chi connectivity index (χ0n) is 9.81. The Morgan fingerprint density at radius 3 is 2.47 bits per heavy atom. The highest BCUT2D eigenvalue weighted by atomic mass is 16.4. The van der Waals surface area contributed by atoms with Gasteiger partial charge in [-0.3, -0.25) is 4.79 Å². The molecule has 0 heterocycles. The standard InChI is InChI=1S/C13H17NO3/c1-10(8-13(16)17)7-12(15)14-9-11-5-3-2-4-6-11/h2-6,10H,7-9H2,1H3,(H,14,15)(H,16,17)/p-1/t10-/m1/s1. The van der Waals surface area contributed by atoms with E-state index in [1.165, 1.54) is 0 Å². The van der Waals surface area contributed by atoms with Crippen molar-refractivity contribution < 1.29 is 14.7 Å². The van der Waals surface area contributed by atoms with E-state index in [9.17, 15) is 14.7 Å².